The number of hydrogen-bond acceptors (Lipinski definition) is 5. The minimum atomic E-state index is -0.525. The lowest BCUT2D eigenvalue weighted by Crippen LogP contribution is -2.42. The number of carbonyl (C=O) groups excluding carboxylic acids is 2. The Labute approximate surface area is 142 Å². The van der Waals surface area contributed by atoms with Crippen LogP contribution in [0.5, 0.6) is 0 Å². The molecular formula is C17H26N4O3. The number of hydrogen-bond donors (Lipinski definition) is 2. The van der Waals surface area contributed by atoms with Crippen LogP contribution in [0.2, 0.25) is 0 Å². The van der Waals surface area contributed by atoms with E-state index in [1.807, 2.05) is 4.90 Å². The Morgan fingerprint density at radius 3 is 2.54 bits per heavy atom. The molecule has 2 saturated heterocycles. The van der Waals surface area contributed by atoms with E-state index in [1.54, 1.807) is 6.92 Å². The van der Waals surface area contributed by atoms with Crippen LogP contribution in [0.3, 0.4) is 0 Å². The summed E-state index contributed by atoms with van der Waals surface area (Å²) in [5, 5.41) is 3.41. The Kier molecular flexibility index (Phi) is 5.50. The summed E-state index contributed by atoms with van der Waals surface area (Å²) in [6.45, 7) is 5.71. The van der Waals surface area contributed by atoms with E-state index in [9.17, 15) is 9.59 Å². The Balaban J connectivity index is 1.59. The lowest BCUT2D eigenvalue weighted by atomic mass is 9.79. The van der Waals surface area contributed by atoms with E-state index in [-0.39, 0.29) is 23.9 Å². The summed E-state index contributed by atoms with van der Waals surface area (Å²) in [5.74, 6) is 0.787. The molecule has 1 amide bonds. The molecule has 1 aromatic heterocycles. The molecule has 0 atom stereocenters. The van der Waals surface area contributed by atoms with Crippen LogP contribution in [0.15, 0.2) is 6.33 Å². The Hall–Kier alpha value is -1.89. The molecule has 2 aliphatic rings. The van der Waals surface area contributed by atoms with Crippen LogP contribution in [0.25, 0.3) is 0 Å². The number of carbonyl (C=O) groups is 2. The Morgan fingerprint density at radius 2 is 1.88 bits per heavy atom. The van der Waals surface area contributed by atoms with Gasteiger partial charge < -0.3 is 19.9 Å². The minimum Gasteiger partial charge on any atom is -0.461 e. The highest BCUT2D eigenvalue weighted by Crippen LogP contribution is 2.31. The fourth-order valence-corrected chi connectivity index (χ4v) is 3.85. The van der Waals surface area contributed by atoms with Crippen molar-refractivity contribution in [3.8, 4) is 0 Å². The second-order valence-corrected chi connectivity index (χ2v) is 6.56. The Morgan fingerprint density at radius 1 is 1.21 bits per heavy atom. The van der Waals surface area contributed by atoms with Crippen molar-refractivity contribution in [2.45, 2.75) is 32.6 Å². The molecule has 7 nitrogen and oxygen atoms in total. The quantitative estimate of drug-likeness (QED) is 0.814. The van der Waals surface area contributed by atoms with Crippen molar-refractivity contribution >= 4 is 11.9 Å². The number of likely N-dealkylation sites (tertiary alicyclic amines) is 1. The van der Waals surface area contributed by atoms with Gasteiger partial charge in [0.2, 0.25) is 0 Å². The van der Waals surface area contributed by atoms with E-state index in [2.05, 4.69) is 15.3 Å². The van der Waals surface area contributed by atoms with Crippen molar-refractivity contribution in [2.24, 2.45) is 11.8 Å². The molecule has 132 valence electrons. The molecule has 1 aromatic rings. The van der Waals surface area contributed by atoms with Crippen molar-refractivity contribution in [2.75, 3.05) is 32.8 Å². The molecule has 0 unspecified atom stereocenters. The van der Waals surface area contributed by atoms with Gasteiger partial charge in [-0.05, 0) is 57.5 Å². The number of nitrogens with one attached hydrogen (secondary N) is 2. The molecule has 2 aliphatic heterocycles. The minimum absolute atomic E-state index is 0.155. The number of H-pyrrole nitrogens is 1. The third-order valence-corrected chi connectivity index (χ3v) is 5.20. The average Bonchev–Trinajstić information content (AvgIpc) is 3.12. The fraction of sp³-hybridized carbons (Fsp3) is 0.706. The van der Waals surface area contributed by atoms with Crippen LogP contribution < -0.4 is 5.32 Å². The number of amides is 1. The van der Waals surface area contributed by atoms with E-state index < -0.39 is 5.97 Å². The molecule has 0 saturated carbocycles. The highest BCUT2D eigenvalue weighted by Gasteiger charge is 2.32. The molecule has 3 rings (SSSR count). The van der Waals surface area contributed by atoms with Crippen LogP contribution in [0.1, 0.15) is 53.6 Å². The zero-order valence-corrected chi connectivity index (χ0v) is 14.2. The van der Waals surface area contributed by atoms with Gasteiger partial charge in [-0.3, -0.25) is 4.79 Å². The maximum atomic E-state index is 12.7. The van der Waals surface area contributed by atoms with Crippen LogP contribution in [-0.2, 0) is 4.74 Å². The Bertz CT molecular complexity index is 572. The van der Waals surface area contributed by atoms with E-state index in [0.717, 1.165) is 44.9 Å². The van der Waals surface area contributed by atoms with Gasteiger partial charge in [0.1, 0.15) is 0 Å². The molecule has 0 aliphatic carbocycles. The van der Waals surface area contributed by atoms with Gasteiger partial charge in [-0.2, -0.15) is 0 Å². The maximum absolute atomic E-state index is 12.7. The first-order valence-electron chi connectivity index (χ1n) is 8.91. The third-order valence-electron chi connectivity index (χ3n) is 5.20. The van der Waals surface area contributed by atoms with Gasteiger partial charge >= 0.3 is 5.97 Å². The summed E-state index contributed by atoms with van der Waals surface area (Å²) < 4.78 is 4.97. The van der Waals surface area contributed by atoms with Gasteiger partial charge in [0.25, 0.3) is 5.91 Å². The zero-order valence-electron chi connectivity index (χ0n) is 14.2. The van der Waals surface area contributed by atoms with Crippen molar-refractivity contribution in [3.05, 3.63) is 17.7 Å². The van der Waals surface area contributed by atoms with Gasteiger partial charge in [-0.25, -0.2) is 9.78 Å². The molecule has 3 heterocycles. The van der Waals surface area contributed by atoms with Crippen LogP contribution in [-0.4, -0.2) is 59.5 Å². The second kappa shape index (κ2) is 7.79. The third kappa shape index (κ3) is 3.61. The molecule has 0 aromatic carbocycles. The van der Waals surface area contributed by atoms with Crippen molar-refractivity contribution < 1.29 is 14.3 Å². The second-order valence-electron chi connectivity index (χ2n) is 6.56. The van der Waals surface area contributed by atoms with E-state index in [0.29, 0.717) is 5.92 Å². The molecule has 0 radical (unpaired) electrons. The lowest BCUT2D eigenvalue weighted by molar-refractivity contribution is 0.0505. The van der Waals surface area contributed by atoms with Gasteiger partial charge in [-0.15, -0.1) is 0 Å². The zero-order chi connectivity index (χ0) is 16.9. The highest BCUT2D eigenvalue weighted by atomic mass is 16.5. The first-order chi connectivity index (χ1) is 11.7. The predicted molar refractivity (Wildman–Crippen MR) is 88.8 cm³/mol. The van der Waals surface area contributed by atoms with Crippen molar-refractivity contribution in [3.63, 3.8) is 0 Å². The molecule has 24 heavy (non-hydrogen) atoms. The van der Waals surface area contributed by atoms with Crippen LogP contribution in [0.4, 0.5) is 0 Å². The molecular weight excluding hydrogens is 308 g/mol. The summed E-state index contributed by atoms with van der Waals surface area (Å²) in [7, 11) is 0. The molecule has 7 heteroatoms. The number of esters is 1. The summed E-state index contributed by atoms with van der Waals surface area (Å²) in [5.41, 5.74) is 0.330. The van der Waals surface area contributed by atoms with Gasteiger partial charge in [-0.1, -0.05) is 0 Å². The number of piperidine rings is 2. The number of rotatable bonds is 4. The summed E-state index contributed by atoms with van der Waals surface area (Å²) in [6, 6.07) is 0. The standard InChI is InChI=1S/C17H26N4O3/c1-2-24-17(23)15-14(19-11-20-15)16(22)21-9-5-13(6-10-21)12-3-7-18-8-4-12/h11-13,18H,2-10H2,1H3,(H,19,20). The number of nitrogens with zero attached hydrogens (tertiary/aromatic N) is 2. The average molecular weight is 334 g/mol. The SMILES string of the molecule is CCOC(=O)c1[nH]cnc1C(=O)N1CCC(C2CCNCC2)CC1. The fourth-order valence-electron chi connectivity index (χ4n) is 3.85. The van der Waals surface area contributed by atoms with Crippen LogP contribution >= 0.6 is 0 Å². The topological polar surface area (TPSA) is 87.3 Å². The highest BCUT2D eigenvalue weighted by molar-refractivity contribution is 6.02. The van der Waals surface area contributed by atoms with Crippen molar-refractivity contribution in [1.29, 1.82) is 0 Å². The first kappa shape index (κ1) is 17.0. The van der Waals surface area contributed by atoms with Gasteiger partial charge in [0.05, 0.1) is 12.9 Å². The molecule has 2 N–H and O–H groups in total. The largest absolute Gasteiger partial charge is 0.461 e. The monoisotopic (exact) mass is 334 g/mol. The molecule has 0 spiro atoms. The normalized spacial score (nSPS) is 20.1. The summed E-state index contributed by atoms with van der Waals surface area (Å²) in [4.78, 5) is 33.2. The lowest BCUT2D eigenvalue weighted by Gasteiger charge is -2.37. The summed E-state index contributed by atoms with van der Waals surface area (Å²) in [6.07, 6.45) is 5.93. The van der Waals surface area contributed by atoms with Crippen LogP contribution in [0, 0.1) is 11.8 Å². The van der Waals surface area contributed by atoms with Crippen molar-refractivity contribution in [1.82, 2.24) is 20.2 Å². The number of ether oxygens (including phenoxy) is 1. The van der Waals surface area contributed by atoms with Gasteiger partial charge in [0, 0.05) is 13.1 Å². The van der Waals surface area contributed by atoms with E-state index >= 15 is 0 Å². The van der Waals surface area contributed by atoms with E-state index in [1.165, 1.54) is 19.2 Å². The number of aromatic nitrogens is 2. The smallest absolute Gasteiger partial charge is 0.357 e. The molecule has 0 bridgehead atoms. The molecule has 2 fully saturated rings. The predicted octanol–water partition coefficient (Wildman–Crippen LogP) is 1.44. The summed E-state index contributed by atoms with van der Waals surface area (Å²) >= 11 is 0. The number of imidazole rings is 1. The van der Waals surface area contributed by atoms with E-state index in [4.69, 9.17) is 4.74 Å². The van der Waals surface area contributed by atoms with Gasteiger partial charge in [0.15, 0.2) is 11.4 Å². The number of aromatic amines is 1. The maximum Gasteiger partial charge on any atom is 0.357 e. The first-order valence-corrected chi connectivity index (χ1v) is 8.91.